The number of allylic oxidation sites excluding steroid dienone is 4. The topological polar surface area (TPSA) is 52.6 Å². The number of carbonyl (C=O) groups excluding carboxylic acids is 2. The molecule has 2 heterocycles. The third-order valence-corrected chi connectivity index (χ3v) is 6.89. The summed E-state index contributed by atoms with van der Waals surface area (Å²) < 4.78 is 10.4. The van der Waals surface area contributed by atoms with Crippen molar-refractivity contribution in [2.24, 2.45) is 0 Å². The molecular weight excluding hydrogens is 448 g/mol. The second kappa shape index (κ2) is 26.5. The molecule has 2 aliphatic heterocycles. The average Bonchev–Trinajstić information content (AvgIpc) is 2.88. The molecular formula is C32H56O4. The summed E-state index contributed by atoms with van der Waals surface area (Å²) in [5.74, 6) is 0.000181. The molecule has 4 heteroatoms. The van der Waals surface area contributed by atoms with Gasteiger partial charge in [0.05, 0.1) is 13.2 Å². The third-order valence-electron chi connectivity index (χ3n) is 6.89. The fourth-order valence-electron chi connectivity index (χ4n) is 4.55. The van der Waals surface area contributed by atoms with Crippen molar-refractivity contribution in [3.63, 3.8) is 0 Å². The molecule has 0 atom stereocenters. The highest BCUT2D eigenvalue weighted by atomic mass is 16.5. The highest BCUT2D eigenvalue weighted by molar-refractivity contribution is 5.69. The van der Waals surface area contributed by atoms with Gasteiger partial charge in [0.1, 0.15) is 0 Å². The Kier molecular flexibility index (Phi) is 23.9. The molecule has 208 valence electrons. The van der Waals surface area contributed by atoms with E-state index in [1.165, 1.54) is 109 Å². The van der Waals surface area contributed by atoms with Crippen LogP contribution in [0.3, 0.4) is 0 Å². The highest BCUT2D eigenvalue weighted by Gasteiger charge is 2.03. The first kappa shape index (κ1) is 32.4. The lowest BCUT2D eigenvalue weighted by Crippen LogP contribution is -2.05. The minimum atomic E-state index is -0.000729. The molecule has 36 heavy (non-hydrogen) atoms. The van der Waals surface area contributed by atoms with Gasteiger partial charge in [-0.2, -0.15) is 0 Å². The number of hydrogen-bond acceptors (Lipinski definition) is 4. The molecule has 0 aliphatic carbocycles. The van der Waals surface area contributed by atoms with E-state index in [2.05, 4.69) is 24.3 Å². The molecule has 0 bridgehead atoms. The quantitative estimate of drug-likeness (QED) is 0.243. The van der Waals surface area contributed by atoms with E-state index in [9.17, 15) is 9.59 Å². The van der Waals surface area contributed by atoms with Crippen LogP contribution in [-0.4, -0.2) is 25.2 Å². The van der Waals surface area contributed by atoms with E-state index in [1.54, 1.807) is 0 Å². The van der Waals surface area contributed by atoms with Crippen LogP contribution in [0.25, 0.3) is 0 Å². The van der Waals surface area contributed by atoms with Gasteiger partial charge in [-0.25, -0.2) is 0 Å². The van der Waals surface area contributed by atoms with Crippen LogP contribution >= 0.6 is 0 Å². The summed E-state index contributed by atoms with van der Waals surface area (Å²) in [5.41, 5.74) is 0. The van der Waals surface area contributed by atoms with Crippen molar-refractivity contribution in [2.75, 3.05) is 13.2 Å². The number of esters is 2. The number of hydrogen-bond donors (Lipinski definition) is 0. The molecule has 0 aromatic rings. The first-order valence-corrected chi connectivity index (χ1v) is 15.4. The summed E-state index contributed by atoms with van der Waals surface area (Å²) in [6.07, 6.45) is 36.9. The largest absolute Gasteiger partial charge is 0.466 e. The molecule has 0 aromatic carbocycles. The van der Waals surface area contributed by atoms with Gasteiger partial charge in [0, 0.05) is 12.8 Å². The van der Waals surface area contributed by atoms with Crippen molar-refractivity contribution in [1.29, 1.82) is 0 Å². The lowest BCUT2D eigenvalue weighted by Gasteiger charge is -2.04. The van der Waals surface area contributed by atoms with E-state index in [0.29, 0.717) is 26.1 Å². The van der Waals surface area contributed by atoms with Crippen molar-refractivity contribution in [2.45, 2.75) is 154 Å². The molecule has 2 rings (SSSR count). The molecule has 2 aliphatic rings. The van der Waals surface area contributed by atoms with Crippen LogP contribution in [0.2, 0.25) is 0 Å². The van der Waals surface area contributed by atoms with Crippen LogP contribution in [0.4, 0.5) is 0 Å². The van der Waals surface area contributed by atoms with Crippen LogP contribution in [-0.2, 0) is 19.1 Å². The maximum Gasteiger partial charge on any atom is 0.305 e. The molecule has 0 unspecified atom stereocenters. The monoisotopic (exact) mass is 504 g/mol. The van der Waals surface area contributed by atoms with Crippen molar-refractivity contribution < 1.29 is 19.1 Å². The van der Waals surface area contributed by atoms with Gasteiger partial charge in [-0.1, -0.05) is 82.1 Å². The van der Waals surface area contributed by atoms with Crippen LogP contribution in [0.1, 0.15) is 154 Å². The number of ether oxygens (including phenoxy) is 2. The second-order valence-corrected chi connectivity index (χ2v) is 10.4. The average molecular weight is 505 g/mol. The molecule has 0 N–H and O–H groups in total. The Morgan fingerprint density at radius 3 is 1.03 bits per heavy atom. The summed E-state index contributed by atoms with van der Waals surface area (Å²) in [6.45, 7) is 1.23. The summed E-state index contributed by atoms with van der Waals surface area (Å²) in [6, 6.07) is 0. The fourth-order valence-corrected chi connectivity index (χ4v) is 4.55. The van der Waals surface area contributed by atoms with Crippen LogP contribution in [0, 0.1) is 0 Å². The lowest BCUT2D eigenvalue weighted by atomic mass is 10.1. The van der Waals surface area contributed by atoms with Crippen molar-refractivity contribution in [3.05, 3.63) is 24.3 Å². The maximum absolute atomic E-state index is 11.4. The zero-order valence-electron chi connectivity index (χ0n) is 23.3. The van der Waals surface area contributed by atoms with E-state index in [0.717, 1.165) is 32.1 Å². The van der Waals surface area contributed by atoms with Crippen molar-refractivity contribution >= 4 is 11.9 Å². The molecule has 0 saturated carbocycles. The SMILES string of the molecule is O=C1CCCCCCC/C=C\CCCCCCO1.O=C1CCCCCCCC/C=C/CCCCCO1. The number of cyclic esters (lactones) is 2. The Morgan fingerprint density at radius 2 is 0.639 bits per heavy atom. The Morgan fingerprint density at radius 1 is 0.361 bits per heavy atom. The summed E-state index contributed by atoms with van der Waals surface area (Å²) in [7, 11) is 0. The van der Waals surface area contributed by atoms with Gasteiger partial charge >= 0.3 is 11.9 Å². The van der Waals surface area contributed by atoms with Gasteiger partial charge < -0.3 is 9.47 Å². The highest BCUT2D eigenvalue weighted by Crippen LogP contribution is 2.12. The number of carbonyl (C=O) groups is 2. The predicted molar refractivity (Wildman–Crippen MR) is 151 cm³/mol. The smallest absolute Gasteiger partial charge is 0.305 e. The normalized spacial score (nSPS) is 23.9. The number of rotatable bonds is 0. The van der Waals surface area contributed by atoms with Gasteiger partial charge in [0.2, 0.25) is 0 Å². The minimum absolute atomic E-state index is 0.000729. The van der Waals surface area contributed by atoms with E-state index in [1.807, 2.05) is 0 Å². The Labute approximate surface area is 222 Å². The zero-order valence-corrected chi connectivity index (χ0v) is 23.3. The minimum Gasteiger partial charge on any atom is -0.466 e. The summed E-state index contributed by atoms with van der Waals surface area (Å²) in [5, 5.41) is 0. The van der Waals surface area contributed by atoms with Crippen molar-refractivity contribution in [1.82, 2.24) is 0 Å². The molecule has 4 nitrogen and oxygen atoms in total. The van der Waals surface area contributed by atoms with Gasteiger partial charge in [0.15, 0.2) is 0 Å². The van der Waals surface area contributed by atoms with Crippen LogP contribution in [0.5, 0.6) is 0 Å². The zero-order chi connectivity index (χ0) is 25.8. The molecule has 0 amide bonds. The molecule has 0 saturated heterocycles. The van der Waals surface area contributed by atoms with Gasteiger partial charge in [-0.15, -0.1) is 0 Å². The van der Waals surface area contributed by atoms with Gasteiger partial charge in [0.25, 0.3) is 0 Å². The fraction of sp³-hybridized carbons (Fsp3) is 0.812. The first-order valence-electron chi connectivity index (χ1n) is 15.4. The predicted octanol–water partition coefficient (Wildman–Crippen LogP) is 9.56. The van der Waals surface area contributed by atoms with E-state index >= 15 is 0 Å². The Balaban J connectivity index is 0.000000360. The summed E-state index contributed by atoms with van der Waals surface area (Å²) >= 11 is 0. The van der Waals surface area contributed by atoms with Gasteiger partial charge in [-0.3, -0.25) is 9.59 Å². The maximum atomic E-state index is 11.4. The molecule has 0 fully saturated rings. The molecule has 0 aromatic heterocycles. The summed E-state index contributed by atoms with van der Waals surface area (Å²) in [4.78, 5) is 22.8. The molecule has 0 radical (unpaired) electrons. The van der Waals surface area contributed by atoms with E-state index in [-0.39, 0.29) is 11.9 Å². The van der Waals surface area contributed by atoms with E-state index in [4.69, 9.17) is 9.47 Å². The lowest BCUT2D eigenvalue weighted by molar-refractivity contribution is -0.144. The van der Waals surface area contributed by atoms with Crippen molar-refractivity contribution in [3.8, 4) is 0 Å². The van der Waals surface area contributed by atoms with Gasteiger partial charge in [-0.05, 0) is 83.5 Å². The first-order chi connectivity index (χ1) is 17.8. The van der Waals surface area contributed by atoms with Crippen LogP contribution in [0.15, 0.2) is 24.3 Å². The van der Waals surface area contributed by atoms with Crippen LogP contribution < -0.4 is 0 Å². The Hall–Kier alpha value is -1.58. The Bertz CT molecular complexity index is 545. The standard InChI is InChI=1S/2C16H28O2/c2*17-16-14-12-10-8-6-4-2-1-3-5-7-9-11-13-15-18-16/h3,5H,1-2,4,6-15H2;1,3H,2,4-15H2/b5-3+;3-1-. The third kappa shape index (κ3) is 24.1. The second-order valence-electron chi connectivity index (χ2n) is 10.4. The molecule has 0 spiro atoms. The van der Waals surface area contributed by atoms with E-state index < -0.39 is 0 Å².